The average molecular weight is 387 g/mol. The Bertz CT molecular complexity index is 754. The quantitative estimate of drug-likeness (QED) is 0.791. The molecule has 6 nitrogen and oxygen atoms in total. The minimum atomic E-state index is 0.0625. The summed E-state index contributed by atoms with van der Waals surface area (Å²) in [4.78, 5) is 33.0. The van der Waals surface area contributed by atoms with Crippen LogP contribution in [0.15, 0.2) is 35.7 Å². The molecule has 27 heavy (non-hydrogen) atoms. The summed E-state index contributed by atoms with van der Waals surface area (Å²) in [6, 6.07) is 10.0. The van der Waals surface area contributed by atoms with Crippen molar-refractivity contribution in [3.05, 3.63) is 41.4 Å². The normalized spacial score (nSPS) is 14.9. The monoisotopic (exact) mass is 386 g/mol. The summed E-state index contributed by atoms with van der Waals surface area (Å²) in [5, 5.41) is 5.81. The van der Waals surface area contributed by atoms with E-state index in [-0.39, 0.29) is 11.8 Å². The zero-order valence-corrected chi connectivity index (χ0v) is 16.5. The summed E-state index contributed by atoms with van der Waals surface area (Å²) in [5.74, 6) is 0.169. The molecule has 1 aromatic heterocycles. The molecular weight excluding hydrogens is 360 g/mol. The van der Waals surface area contributed by atoms with Gasteiger partial charge in [0.25, 0.3) is 0 Å². The summed E-state index contributed by atoms with van der Waals surface area (Å²) in [6.07, 6.45) is 1.27. The van der Waals surface area contributed by atoms with Crippen LogP contribution < -0.4 is 5.32 Å². The highest BCUT2D eigenvalue weighted by Gasteiger charge is 2.23. The van der Waals surface area contributed by atoms with Crippen molar-refractivity contribution in [2.45, 2.75) is 19.8 Å². The third-order valence-electron chi connectivity index (χ3n) is 4.57. The molecule has 1 aliphatic heterocycles. The molecule has 1 N–H and O–H groups in total. The average Bonchev–Trinajstić information content (AvgIpc) is 3.16. The first-order valence-corrected chi connectivity index (χ1v) is 10.3. The molecule has 0 atom stereocenters. The second-order valence-electron chi connectivity index (χ2n) is 6.69. The summed E-state index contributed by atoms with van der Waals surface area (Å²) >= 11 is 1.57. The highest BCUT2D eigenvalue weighted by atomic mass is 32.1. The molecule has 0 radical (unpaired) electrons. The maximum absolute atomic E-state index is 12.6. The predicted molar refractivity (Wildman–Crippen MR) is 108 cm³/mol. The standard InChI is InChI=1S/C20H26N4O2S/c1-2-8-21-18(25)14-23-9-11-24(12-10-23)19(26)13-17-15-27-20(22-17)16-6-4-3-5-7-16/h3-7,15H,2,8-14H2,1H3,(H,21,25). The van der Waals surface area contributed by atoms with E-state index < -0.39 is 0 Å². The van der Waals surface area contributed by atoms with E-state index in [4.69, 9.17) is 0 Å². The van der Waals surface area contributed by atoms with Crippen LogP contribution in [0.1, 0.15) is 19.0 Å². The molecule has 1 aromatic carbocycles. The van der Waals surface area contributed by atoms with Crippen molar-refractivity contribution in [3.63, 3.8) is 0 Å². The van der Waals surface area contributed by atoms with Gasteiger partial charge >= 0.3 is 0 Å². The first-order chi connectivity index (χ1) is 13.2. The molecule has 144 valence electrons. The van der Waals surface area contributed by atoms with Crippen LogP contribution in [-0.2, 0) is 16.0 Å². The lowest BCUT2D eigenvalue weighted by Crippen LogP contribution is -2.51. The number of amides is 2. The number of rotatable bonds is 7. The second-order valence-corrected chi connectivity index (χ2v) is 7.55. The minimum absolute atomic E-state index is 0.0625. The number of carbonyl (C=O) groups is 2. The SMILES string of the molecule is CCCNC(=O)CN1CCN(C(=O)Cc2csc(-c3ccccc3)n2)CC1. The van der Waals surface area contributed by atoms with E-state index in [9.17, 15) is 9.59 Å². The van der Waals surface area contributed by atoms with Gasteiger partial charge in [0.1, 0.15) is 5.01 Å². The van der Waals surface area contributed by atoms with Crippen LogP contribution >= 0.6 is 11.3 Å². The first kappa shape index (κ1) is 19.5. The molecule has 0 bridgehead atoms. The number of nitrogens with one attached hydrogen (secondary N) is 1. The van der Waals surface area contributed by atoms with E-state index in [1.807, 2.05) is 47.5 Å². The van der Waals surface area contributed by atoms with Crippen molar-refractivity contribution in [1.29, 1.82) is 0 Å². The Morgan fingerprint density at radius 1 is 1.15 bits per heavy atom. The molecule has 2 amide bonds. The highest BCUT2D eigenvalue weighted by molar-refractivity contribution is 7.13. The number of nitrogens with zero attached hydrogens (tertiary/aromatic N) is 3. The molecule has 0 unspecified atom stereocenters. The lowest BCUT2D eigenvalue weighted by atomic mass is 10.2. The van der Waals surface area contributed by atoms with E-state index >= 15 is 0 Å². The van der Waals surface area contributed by atoms with Crippen LogP contribution in [0, 0.1) is 0 Å². The Morgan fingerprint density at radius 2 is 1.89 bits per heavy atom. The molecule has 1 aliphatic rings. The molecule has 2 aromatic rings. The number of aromatic nitrogens is 1. The van der Waals surface area contributed by atoms with Crippen LogP contribution in [-0.4, -0.2) is 65.9 Å². The van der Waals surface area contributed by atoms with Gasteiger partial charge in [0.2, 0.25) is 11.8 Å². The zero-order chi connectivity index (χ0) is 19.1. The van der Waals surface area contributed by atoms with Crippen molar-refractivity contribution in [2.24, 2.45) is 0 Å². The van der Waals surface area contributed by atoms with Gasteiger partial charge < -0.3 is 10.2 Å². The summed E-state index contributed by atoms with van der Waals surface area (Å²) in [7, 11) is 0. The van der Waals surface area contributed by atoms with Gasteiger partial charge in [-0.3, -0.25) is 14.5 Å². The smallest absolute Gasteiger partial charge is 0.234 e. The van der Waals surface area contributed by atoms with Crippen LogP contribution in [0.4, 0.5) is 0 Å². The fourth-order valence-electron chi connectivity index (χ4n) is 3.05. The van der Waals surface area contributed by atoms with Gasteiger partial charge in [0.15, 0.2) is 0 Å². The molecule has 0 saturated carbocycles. The molecule has 7 heteroatoms. The van der Waals surface area contributed by atoms with Gasteiger partial charge in [0.05, 0.1) is 18.7 Å². The Morgan fingerprint density at radius 3 is 2.59 bits per heavy atom. The first-order valence-electron chi connectivity index (χ1n) is 9.42. The van der Waals surface area contributed by atoms with Gasteiger partial charge in [-0.05, 0) is 6.42 Å². The number of thiazole rings is 1. The third kappa shape index (κ3) is 5.61. The van der Waals surface area contributed by atoms with Gasteiger partial charge in [0, 0.05) is 43.7 Å². The van der Waals surface area contributed by atoms with Gasteiger partial charge in [-0.1, -0.05) is 37.3 Å². The summed E-state index contributed by atoms with van der Waals surface area (Å²) in [5.41, 5.74) is 1.90. The topological polar surface area (TPSA) is 65.5 Å². The van der Waals surface area contributed by atoms with Crippen LogP contribution in [0.25, 0.3) is 10.6 Å². The van der Waals surface area contributed by atoms with E-state index in [1.165, 1.54) is 0 Å². The van der Waals surface area contributed by atoms with Gasteiger partial charge in [-0.25, -0.2) is 4.98 Å². The van der Waals surface area contributed by atoms with E-state index in [2.05, 4.69) is 15.2 Å². The number of hydrogen-bond acceptors (Lipinski definition) is 5. The zero-order valence-electron chi connectivity index (χ0n) is 15.7. The highest BCUT2D eigenvalue weighted by Crippen LogP contribution is 2.23. The number of hydrogen-bond donors (Lipinski definition) is 1. The van der Waals surface area contributed by atoms with Crippen LogP contribution in [0.2, 0.25) is 0 Å². The van der Waals surface area contributed by atoms with E-state index in [0.29, 0.717) is 26.1 Å². The Kier molecular flexibility index (Phi) is 6.95. The number of benzene rings is 1. The van der Waals surface area contributed by atoms with Crippen molar-refractivity contribution in [1.82, 2.24) is 20.1 Å². The Balaban J connectivity index is 1.46. The second kappa shape index (κ2) is 9.62. The molecular formula is C20H26N4O2S. The van der Waals surface area contributed by atoms with E-state index in [0.717, 1.165) is 42.3 Å². The van der Waals surface area contributed by atoms with Crippen molar-refractivity contribution >= 4 is 23.2 Å². The molecule has 3 rings (SSSR count). The van der Waals surface area contributed by atoms with Crippen LogP contribution in [0.3, 0.4) is 0 Å². The molecule has 1 saturated heterocycles. The Labute approximate surface area is 164 Å². The van der Waals surface area contributed by atoms with E-state index in [1.54, 1.807) is 11.3 Å². The summed E-state index contributed by atoms with van der Waals surface area (Å²) in [6.45, 7) is 5.96. The van der Waals surface area contributed by atoms with Crippen molar-refractivity contribution in [3.8, 4) is 10.6 Å². The molecule has 2 heterocycles. The number of carbonyl (C=O) groups excluding carboxylic acids is 2. The lowest BCUT2D eigenvalue weighted by molar-refractivity contribution is -0.132. The van der Waals surface area contributed by atoms with Crippen molar-refractivity contribution in [2.75, 3.05) is 39.3 Å². The predicted octanol–water partition coefficient (Wildman–Crippen LogP) is 2.02. The molecule has 0 aliphatic carbocycles. The Hall–Kier alpha value is -2.25. The largest absolute Gasteiger partial charge is 0.355 e. The number of piperazine rings is 1. The fourth-order valence-corrected chi connectivity index (χ4v) is 3.87. The fraction of sp³-hybridized carbons (Fsp3) is 0.450. The maximum Gasteiger partial charge on any atom is 0.234 e. The minimum Gasteiger partial charge on any atom is -0.355 e. The molecule has 0 spiro atoms. The van der Waals surface area contributed by atoms with Crippen LogP contribution in [0.5, 0.6) is 0 Å². The van der Waals surface area contributed by atoms with Gasteiger partial charge in [-0.15, -0.1) is 11.3 Å². The summed E-state index contributed by atoms with van der Waals surface area (Å²) < 4.78 is 0. The third-order valence-corrected chi connectivity index (χ3v) is 5.51. The maximum atomic E-state index is 12.6. The van der Waals surface area contributed by atoms with Crippen molar-refractivity contribution < 1.29 is 9.59 Å². The lowest BCUT2D eigenvalue weighted by Gasteiger charge is -2.34. The van der Waals surface area contributed by atoms with Gasteiger partial charge in [-0.2, -0.15) is 0 Å². The molecule has 1 fully saturated rings.